The minimum absolute atomic E-state index is 0.0586. The second-order valence-electron chi connectivity index (χ2n) is 9.54. The third kappa shape index (κ3) is 3.90. The Morgan fingerprint density at radius 2 is 1.52 bits per heavy atom. The van der Waals surface area contributed by atoms with Crippen LogP contribution in [0, 0.1) is 12.3 Å². The Kier molecular flexibility index (Phi) is 4.94. The molecule has 2 saturated heterocycles. The zero-order chi connectivity index (χ0) is 21.5. The zero-order valence-corrected chi connectivity index (χ0v) is 18.5. The van der Waals surface area contributed by atoms with Crippen molar-refractivity contribution < 1.29 is 9.47 Å². The molecule has 160 valence electrons. The van der Waals surface area contributed by atoms with Crippen LogP contribution in [0.1, 0.15) is 36.1 Å². The topological polar surface area (TPSA) is 47.5 Å². The van der Waals surface area contributed by atoms with E-state index in [1.165, 1.54) is 16.7 Å². The third-order valence-corrected chi connectivity index (χ3v) is 6.60. The second kappa shape index (κ2) is 7.65. The van der Waals surface area contributed by atoms with Gasteiger partial charge in [-0.25, -0.2) is 9.97 Å². The molecule has 0 saturated carbocycles. The Balaban J connectivity index is 1.18. The molecule has 2 aliphatic rings. The molecule has 5 heteroatoms. The summed E-state index contributed by atoms with van der Waals surface area (Å²) in [6.07, 6.45) is 3.72. The van der Waals surface area contributed by atoms with E-state index >= 15 is 0 Å². The van der Waals surface area contributed by atoms with Crippen LogP contribution < -0.4 is 9.64 Å². The fourth-order valence-electron chi connectivity index (χ4n) is 4.34. The van der Waals surface area contributed by atoms with E-state index in [9.17, 15) is 0 Å². The maximum absolute atomic E-state index is 5.97. The SMILES string of the molecule is Cc1ccc(C(C)(C)c2ccc(OCc3cnc(N4CC5(COC5)C4)nc3)cc2)cc1. The van der Waals surface area contributed by atoms with Crippen LogP contribution in [0.15, 0.2) is 60.9 Å². The maximum atomic E-state index is 5.97. The standard InChI is InChI=1S/C26H29N3O2/c1-19-4-6-21(7-5-19)25(2,3)22-8-10-23(11-9-22)31-14-20-12-27-24(28-13-20)29-15-26(16-29)17-30-18-26/h4-13H,14-18H2,1-3H3. The fourth-order valence-corrected chi connectivity index (χ4v) is 4.34. The lowest BCUT2D eigenvalue weighted by atomic mass is 9.78. The lowest BCUT2D eigenvalue weighted by Crippen LogP contribution is -2.66. The van der Waals surface area contributed by atoms with Crippen molar-refractivity contribution in [1.82, 2.24) is 9.97 Å². The monoisotopic (exact) mass is 415 g/mol. The predicted octanol–water partition coefficient (Wildman–Crippen LogP) is 4.53. The Labute approximate surface area is 184 Å². The van der Waals surface area contributed by atoms with Crippen molar-refractivity contribution in [1.29, 1.82) is 0 Å². The number of rotatable bonds is 6. The molecule has 1 spiro atoms. The van der Waals surface area contributed by atoms with Gasteiger partial charge in [-0.2, -0.15) is 0 Å². The smallest absolute Gasteiger partial charge is 0.225 e. The van der Waals surface area contributed by atoms with Gasteiger partial charge in [0.2, 0.25) is 5.95 Å². The first-order valence-electron chi connectivity index (χ1n) is 10.9. The number of benzene rings is 2. The first-order chi connectivity index (χ1) is 14.9. The van der Waals surface area contributed by atoms with Crippen LogP contribution in [-0.2, 0) is 16.8 Å². The normalized spacial score (nSPS) is 17.2. The number of hydrogen-bond donors (Lipinski definition) is 0. The summed E-state index contributed by atoms with van der Waals surface area (Å²) >= 11 is 0. The highest BCUT2D eigenvalue weighted by Crippen LogP contribution is 2.39. The van der Waals surface area contributed by atoms with Crippen molar-refractivity contribution >= 4 is 5.95 Å². The summed E-state index contributed by atoms with van der Waals surface area (Å²) in [6.45, 7) is 10.8. The molecule has 0 unspecified atom stereocenters. The molecule has 2 fully saturated rings. The van der Waals surface area contributed by atoms with Crippen LogP contribution in [0.2, 0.25) is 0 Å². The molecule has 0 atom stereocenters. The molecule has 31 heavy (non-hydrogen) atoms. The molecule has 2 aromatic carbocycles. The Morgan fingerprint density at radius 3 is 2.06 bits per heavy atom. The van der Waals surface area contributed by atoms with Crippen LogP contribution in [0.4, 0.5) is 5.95 Å². The Bertz CT molecular complexity index is 1030. The lowest BCUT2D eigenvalue weighted by molar-refractivity contribution is -0.127. The van der Waals surface area contributed by atoms with E-state index in [1.807, 2.05) is 24.5 Å². The number of ether oxygens (including phenoxy) is 2. The predicted molar refractivity (Wildman–Crippen MR) is 122 cm³/mol. The van der Waals surface area contributed by atoms with Gasteiger partial charge in [0, 0.05) is 36.5 Å². The van der Waals surface area contributed by atoms with Crippen molar-refractivity contribution in [2.75, 3.05) is 31.2 Å². The summed E-state index contributed by atoms with van der Waals surface area (Å²) in [4.78, 5) is 11.2. The molecule has 3 aromatic rings. The molecule has 0 amide bonds. The molecule has 0 radical (unpaired) electrons. The van der Waals surface area contributed by atoms with E-state index in [2.05, 4.69) is 72.0 Å². The van der Waals surface area contributed by atoms with Gasteiger partial charge in [0.05, 0.1) is 18.6 Å². The highest BCUT2D eigenvalue weighted by Gasteiger charge is 2.49. The molecular weight excluding hydrogens is 386 g/mol. The van der Waals surface area contributed by atoms with Crippen molar-refractivity contribution in [3.63, 3.8) is 0 Å². The van der Waals surface area contributed by atoms with E-state index in [-0.39, 0.29) is 5.41 Å². The molecule has 2 aliphatic heterocycles. The summed E-state index contributed by atoms with van der Waals surface area (Å²) in [5.74, 6) is 1.64. The van der Waals surface area contributed by atoms with Gasteiger partial charge in [0.25, 0.3) is 0 Å². The van der Waals surface area contributed by atoms with Gasteiger partial charge in [0.15, 0.2) is 0 Å². The van der Waals surface area contributed by atoms with Crippen LogP contribution in [0.5, 0.6) is 5.75 Å². The average Bonchev–Trinajstić information content (AvgIpc) is 2.72. The van der Waals surface area contributed by atoms with Crippen molar-refractivity contribution in [3.8, 4) is 5.75 Å². The van der Waals surface area contributed by atoms with E-state index < -0.39 is 0 Å². The van der Waals surface area contributed by atoms with Gasteiger partial charge in [-0.15, -0.1) is 0 Å². The van der Waals surface area contributed by atoms with Crippen molar-refractivity contribution in [3.05, 3.63) is 83.2 Å². The number of anilines is 1. The highest BCUT2D eigenvalue weighted by molar-refractivity contribution is 5.41. The molecule has 1 aromatic heterocycles. The molecule has 3 heterocycles. The fraction of sp³-hybridized carbons (Fsp3) is 0.385. The average molecular weight is 416 g/mol. The third-order valence-electron chi connectivity index (χ3n) is 6.60. The van der Waals surface area contributed by atoms with Gasteiger partial charge in [-0.3, -0.25) is 0 Å². The summed E-state index contributed by atoms with van der Waals surface area (Å²) in [5.41, 5.74) is 5.13. The van der Waals surface area contributed by atoms with Crippen molar-refractivity contribution in [2.24, 2.45) is 5.41 Å². The first-order valence-corrected chi connectivity index (χ1v) is 10.9. The van der Waals surface area contributed by atoms with Crippen LogP contribution >= 0.6 is 0 Å². The van der Waals surface area contributed by atoms with Gasteiger partial charge in [-0.05, 0) is 30.2 Å². The van der Waals surface area contributed by atoms with Gasteiger partial charge < -0.3 is 14.4 Å². The van der Waals surface area contributed by atoms with Crippen LogP contribution in [-0.4, -0.2) is 36.3 Å². The highest BCUT2D eigenvalue weighted by atomic mass is 16.5. The summed E-state index contributed by atoms with van der Waals surface area (Å²) < 4.78 is 11.3. The molecule has 0 bridgehead atoms. The number of aromatic nitrogens is 2. The number of hydrogen-bond acceptors (Lipinski definition) is 5. The Morgan fingerprint density at radius 1 is 0.935 bits per heavy atom. The first kappa shape index (κ1) is 20.0. The molecule has 0 aliphatic carbocycles. The van der Waals surface area contributed by atoms with E-state index in [0.29, 0.717) is 12.0 Å². The molecule has 5 nitrogen and oxygen atoms in total. The van der Waals surface area contributed by atoms with Crippen LogP contribution in [0.3, 0.4) is 0 Å². The van der Waals surface area contributed by atoms with Gasteiger partial charge in [0.1, 0.15) is 12.4 Å². The molecule has 5 rings (SSSR count). The lowest BCUT2D eigenvalue weighted by Gasteiger charge is -2.54. The maximum Gasteiger partial charge on any atom is 0.225 e. The molecule has 0 N–H and O–H groups in total. The minimum Gasteiger partial charge on any atom is -0.489 e. The Hall–Kier alpha value is -2.92. The van der Waals surface area contributed by atoms with E-state index in [0.717, 1.165) is 43.6 Å². The number of aryl methyl sites for hydroxylation is 1. The largest absolute Gasteiger partial charge is 0.489 e. The summed E-state index contributed by atoms with van der Waals surface area (Å²) in [6, 6.07) is 17.2. The van der Waals surface area contributed by atoms with E-state index in [1.54, 1.807) is 0 Å². The van der Waals surface area contributed by atoms with Crippen molar-refractivity contribution in [2.45, 2.75) is 32.8 Å². The number of nitrogens with zero attached hydrogens (tertiary/aromatic N) is 3. The summed E-state index contributed by atoms with van der Waals surface area (Å²) in [7, 11) is 0. The molecular formula is C26H29N3O2. The van der Waals surface area contributed by atoms with Gasteiger partial charge in [-0.1, -0.05) is 55.8 Å². The van der Waals surface area contributed by atoms with Crippen LogP contribution in [0.25, 0.3) is 0 Å². The zero-order valence-electron chi connectivity index (χ0n) is 18.5. The quantitative estimate of drug-likeness (QED) is 0.592. The van der Waals surface area contributed by atoms with E-state index in [4.69, 9.17) is 9.47 Å². The second-order valence-corrected chi connectivity index (χ2v) is 9.54. The van der Waals surface area contributed by atoms with Gasteiger partial charge >= 0.3 is 0 Å². The summed E-state index contributed by atoms with van der Waals surface area (Å²) in [5, 5.41) is 0. The minimum atomic E-state index is -0.0586.